The highest BCUT2D eigenvalue weighted by atomic mass is 35.5. The molecule has 32 heavy (non-hydrogen) atoms. The van der Waals surface area contributed by atoms with Crippen LogP contribution in [0.2, 0.25) is 5.02 Å². The van der Waals surface area contributed by atoms with Gasteiger partial charge in [-0.1, -0.05) is 25.4 Å². The summed E-state index contributed by atoms with van der Waals surface area (Å²) in [5.74, 6) is -0.202. The van der Waals surface area contributed by atoms with Crippen LogP contribution in [0.1, 0.15) is 52.3 Å². The maximum atomic E-state index is 13.4. The van der Waals surface area contributed by atoms with Crippen LogP contribution in [-0.2, 0) is 17.6 Å². The summed E-state index contributed by atoms with van der Waals surface area (Å²) >= 11 is 6.02. The van der Waals surface area contributed by atoms with Crippen LogP contribution in [0.4, 0.5) is 19.0 Å². The number of halogens is 4. The maximum absolute atomic E-state index is 13.4. The number of hydrogen-bond donors (Lipinski definition) is 1. The number of hydrogen-bond acceptors (Lipinski definition) is 5. The summed E-state index contributed by atoms with van der Waals surface area (Å²) in [6.07, 6.45) is -1.07. The summed E-state index contributed by atoms with van der Waals surface area (Å²) in [5, 5.41) is 3.12. The van der Waals surface area contributed by atoms with Crippen LogP contribution in [0.25, 0.3) is 11.5 Å². The molecule has 0 bridgehead atoms. The molecule has 0 saturated carbocycles. The molecule has 2 heterocycles. The van der Waals surface area contributed by atoms with Gasteiger partial charge in [-0.25, -0.2) is 9.97 Å². The Morgan fingerprint density at radius 3 is 2.47 bits per heavy atom. The van der Waals surface area contributed by atoms with Crippen molar-refractivity contribution in [1.82, 2.24) is 20.3 Å². The van der Waals surface area contributed by atoms with Gasteiger partial charge in [-0.3, -0.25) is 9.78 Å². The van der Waals surface area contributed by atoms with Gasteiger partial charge in [-0.15, -0.1) is 0 Å². The molecule has 0 aliphatic heterocycles. The van der Waals surface area contributed by atoms with Crippen LogP contribution >= 0.6 is 11.6 Å². The molecule has 1 N–H and O–H groups in total. The van der Waals surface area contributed by atoms with E-state index in [-0.39, 0.29) is 11.6 Å². The molecule has 10 heteroatoms. The quantitative estimate of drug-likeness (QED) is 0.665. The van der Waals surface area contributed by atoms with Gasteiger partial charge < -0.3 is 10.2 Å². The number of fused-ring (bicyclic) bond motifs is 1. The Labute approximate surface area is 191 Å². The Kier molecular flexibility index (Phi) is 8.45. The predicted molar refractivity (Wildman–Crippen MR) is 120 cm³/mol. The topological polar surface area (TPSA) is 71.0 Å². The van der Waals surface area contributed by atoms with Gasteiger partial charge in [0.15, 0.2) is 5.82 Å². The predicted octanol–water partition coefficient (Wildman–Crippen LogP) is 4.99. The molecule has 0 atom stereocenters. The molecule has 1 aliphatic rings. The van der Waals surface area contributed by atoms with Crippen molar-refractivity contribution in [3.63, 3.8) is 0 Å². The average molecular weight is 472 g/mol. The number of anilines is 1. The molecule has 3 rings (SSSR count). The number of amides is 1. The summed E-state index contributed by atoms with van der Waals surface area (Å²) in [7, 11) is 0. The zero-order valence-electron chi connectivity index (χ0n) is 19.0. The molecule has 0 aromatic carbocycles. The van der Waals surface area contributed by atoms with Crippen molar-refractivity contribution < 1.29 is 18.0 Å². The van der Waals surface area contributed by atoms with E-state index in [1.807, 2.05) is 13.8 Å². The van der Waals surface area contributed by atoms with Gasteiger partial charge >= 0.3 is 6.18 Å². The molecule has 176 valence electrons. The number of rotatable bonds is 5. The summed E-state index contributed by atoms with van der Waals surface area (Å²) in [4.78, 5) is 26.5. The fraction of sp³-hybridized carbons (Fsp3) is 0.545. The van der Waals surface area contributed by atoms with Gasteiger partial charge in [0, 0.05) is 28.0 Å². The first kappa shape index (κ1) is 25.8. The normalized spacial score (nSPS) is 13.2. The van der Waals surface area contributed by atoms with E-state index in [0.29, 0.717) is 34.8 Å². The van der Waals surface area contributed by atoms with Crippen LogP contribution < -0.4 is 10.2 Å². The number of alkyl halides is 3. The number of carbonyl (C=O) groups excluding carboxylic acids is 1. The molecule has 0 spiro atoms. The molecule has 0 unspecified atom stereocenters. The molecule has 6 nitrogen and oxygen atoms in total. The number of pyridine rings is 1. The summed E-state index contributed by atoms with van der Waals surface area (Å²) in [5.41, 5.74) is 1.13. The Bertz CT molecular complexity index is 944. The van der Waals surface area contributed by atoms with Crippen LogP contribution in [-0.4, -0.2) is 45.7 Å². The minimum atomic E-state index is -4.51. The van der Waals surface area contributed by atoms with Crippen LogP contribution in [0.3, 0.4) is 0 Å². The van der Waals surface area contributed by atoms with E-state index in [1.54, 1.807) is 32.9 Å². The van der Waals surface area contributed by atoms with Gasteiger partial charge in [-0.05, 0) is 52.2 Å². The average Bonchev–Trinajstić information content (AvgIpc) is 3.14. The van der Waals surface area contributed by atoms with Crippen molar-refractivity contribution in [3.8, 4) is 11.5 Å². The maximum Gasteiger partial charge on any atom is 0.405 e. The zero-order valence-corrected chi connectivity index (χ0v) is 19.7. The molecule has 0 saturated heterocycles. The van der Waals surface area contributed by atoms with E-state index in [2.05, 4.69) is 20.3 Å². The van der Waals surface area contributed by atoms with Gasteiger partial charge in [-0.2, -0.15) is 13.2 Å². The lowest BCUT2D eigenvalue weighted by molar-refractivity contribution is -0.125. The second-order valence-electron chi connectivity index (χ2n) is 8.28. The fourth-order valence-corrected chi connectivity index (χ4v) is 3.53. The van der Waals surface area contributed by atoms with Crippen LogP contribution in [0.5, 0.6) is 0 Å². The number of nitrogens with one attached hydrogen (secondary N) is 1. The Hall–Kier alpha value is -2.42. The third-order valence-corrected chi connectivity index (χ3v) is 4.62. The van der Waals surface area contributed by atoms with E-state index in [0.717, 1.165) is 11.3 Å². The molecular formula is C22H29ClF3N5O. The second kappa shape index (κ2) is 10.5. The van der Waals surface area contributed by atoms with Crippen molar-refractivity contribution >= 4 is 23.3 Å². The molecule has 1 amide bonds. The van der Waals surface area contributed by atoms with E-state index in [4.69, 9.17) is 11.6 Å². The van der Waals surface area contributed by atoms with E-state index in [1.165, 1.54) is 6.20 Å². The van der Waals surface area contributed by atoms with E-state index < -0.39 is 30.7 Å². The number of aryl methyl sites for hydroxylation is 1. The third-order valence-electron chi connectivity index (χ3n) is 4.38. The highest BCUT2D eigenvalue weighted by molar-refractivity contribution is 6.30. The lowest BCUT2D eigenvalue weighted by Crippen LogP contribution is -2.48. The summed E-state index contributed by atoms with van der Waals surface area (Å²) in [6, 6.07) is 3.15. The van der Waals surface area contributed by atoms with Gasteiger partial charge in [0.2, 0.25) is 5.91 Å². The highest BCUT2D eigenvalue weighted by Gasteiger charge is 2.35. The number of nitrogens with zero attached hydrogens (tertiary/aromatic N) is 4. The Balaban J connectivity index is 0.00000176. The fourth-order valence-electron chi connectivity index (χ4n) is 3.37. The molecule has 1 aliphatic carbocycles. The minimum Gasteiger partial charge on any atom is -0.350 e. The van der Waals surface area contributed by atoms with Crippen LogP contribution in [0.15, 0.2) is 18.3 Å². The first-order valence-electron chi connectivity index (χ1n) is 10.6. The highest BCUT2D eigenvalue weighted by Crippen LogP contribution is 2.33. The van der Waals surface area contributed by atoms with Crippen LogP contribution in [0, 0.1) is 0 Å². The summed E-state index contributed by atoms with van der Waals surface area (Å²) < 4.78 is 40.1. The largest absolute Gasteiger partial charge is 0.405 e. The summed E-state index contributed by atoms with van der Waals surface area (Å²) in [6.45, 7) is 7.54. The van der Waals surface area contributed by atoms with Crippen molar-refractivity contribution in [2.45, 2.75) is 65.6 Å². The molecule has 2 aromatic heterocycles. The smallest absolute Gasteiger partial charge is 0.350 e. The number of carbonyl (C=O) groups is 1. The Morgan fingerprint density at radius 2 is 1.88 bits per heavy atom. The first-order valence-corrected chi connectivity index (χ1v) is 10.9. The van der Waals surface area contributed by atoms with E-state index in [9.17, 15) is 18.0 Å². The number of aromatic nitrogens is 3. The van der Waals surface area contributed by atoms with Gasteiger partial charge in [0.25, 0.3) is 0 Å². The van der Waals surface area contributed by atoms with E-state index >= 15 is 0 Å². The minimum absolute atomic E-state index is 0.121. The standard InChI is InChI=1S/C20H23ClF3N5O.C2H6/c1-19(2,3)28-16(30)10-29(11-20(22,23)24)18-13-5-4-6-14(13)26-17(27-18)15-9-12(21)7-8-25-15;1-2/h7-9H,4-6,10-11H2,1-3H3,(H,28,30);1-2H3. The molecule has 0 radical (unpaired) electrons. The SMILES string of the molecule is CC.CC(C)(C)NC(=O)CN(CC(F)(F)F)c1nc(-c2cc(Cl)ccn2)nc2c1CCC2. The van der Waals surface area contributed by atoms with Crippen molar-refractivity contribution in [3.05, 3.63) is 34.6 Å². The van der Waals surface area contributed by atoms with Crippen molar-refractivity contribution in [2.75, 3.05) is 18.0 Å². The molecular weight excluding hydrogens is 443 g/mol. The molecule has 2 aromatic rings. The molecule has 0 fully saturated rings. The van der Waals surface area contributed by atoms with Crippen molar-refractivity contribution in [1.29, 1.82) is 0 Å². The first-order chi connectivity index (χ1) is 14.9. The zero-order chi connectivity index (χ0) is 24.1. The van der Waals surface area contributed by atoms with Gasteiger partial charge in [0.1, 0.15) is 18.1 Å². The lowest BCUT2D eigenvalue weighted by Gasteiger charge is -2.28. The second-order valence-corrected chi connectivity index (χ2v) is 8.71. The Morgan fingerprint density at radius 1 is 1.19 bits per heavy atom. The third kappa shape index (κ3) is 7.32. The van der Waals surface area contributed by atoms with Crippen molar-refractivity contribution in [2.24, 2.45) is 0 Å². The lowest BCUT2D eigenvalue weighted by atomic mass is 10.1. The van der Waals surface area contributed by atoms with Gasteiger partial charge in [0.05, 0.1) is 6.54 Å². The monoisotopic (exact) mass is 471 g/mol.